The Bertz CT molecular complexity index is 728. The molecule has 3 N–H and O–H groups in total. The first-order valence-electron chi connectivity index (χ1n) is 6.95. The fourth-order valence-corrected chi connectivity index (χ4v) is 2.58. The monoisotopic (exact) mass is 354 g/mol. The van der Waals surface area contributed by atoms with Crippen LogP contribution in [0.5, 0.6) is 0 Å². The molecule has 0 atom stereocenters. The molecule has 0 aliphatic carbocycles. The Morgan fingerprint density at radius 3 is 2.83 bits per heavy atom. The Morgan fingerprint density at radius 1 is 1.39 bits per heavy atom. The second kappa shape index (κ2) is 7.99. The molecule has 1 aromatic heterocycles. The number of rotatable bonds is 7. The molecular formula is C15H16Cl2N4O2. The molecule has 0 bridgehead atoms. The summed E-state index contributed by atoms with van der Waals surface area (Å²) in [5.74, 6) is -0.596. The molecule has 0 saturated heterocycles. The summed E-state index contributed by atoms with van der Waals surface area (Å²) in [4.78, 5) is 14.9. The van der Waals surface area contributed by atoms with E-state index in [1.807, 2.05) is 12.1 Å². The van der Waals surface area contributed by atoms with Crippen LogP contribution in [-0.2, 0) is 13.0 Å². The van der Waals surface area contributed by atoms with Crippen molar-refractivity contribution >= 4 is 34.8 Å². The van der Waals surface area contributed by atoms with Crippen molar-refractivity contribution in [3.63, 3.8) is 0 Å². The lowest BCUT2D eigenvalue weighted by Gasteiger charge is -2.07. The van der Waals surface area contributed by atoms with Crippen LogP contribution in [0.1, 0.15) is 28.9 Å². The van der Waals surface area contributed by atoms with E-state index in [9.17, 15) is 4.79 Å². The number of nitrogens with two attached hydrogens (primary N) is 1. The van der Waals surface area contributed by atoms with E-state index in [-0.39, 0.29) is 5.69 Å². The maximum atomic E-state index is 11.0. The topological polar surface area (TPSA) is 93.5 Å². The number of oxime groups is 1. The van der Waals surface area contributed by atoms with Crippen LogP contribution >= 0.6 is 23.2 Å². The number of nitrogens with zero attached hydrogens (tertiary/aromatic N) is 3. The highest BCUT2D eigenvalue weighted by molar-refractivity contribution is 6.42. The Kier molecular flexibility index (Phi) is 6.01. The number of primary amides is 1. The second-order valence-corrected chi connectivity index (χ2v) is 5.81. The molecule has 0 fully saturated rings. The van der Waals surface area contributed by atoms with Gasteiger partial charge in [0.05, 0.1) is 28.6 Å². The molecule has 2 rings (SSSR count). The van der Waals surface area contributed by atoms with Gasteiger partial charge >= 0.3 is 0 Å². The molecule has 6 nitrogen and oxygen atoms in total. The van der Waals surface area contributed by atoms with E-state index in [4.69, 9.17) is 34.1 Å². The summed E-state index contributed by atoms with van der Waals surface area (Å²) in [5, 5.41) is 13.5. The number of imidazole rings is 1. The first-order chi connectivity index (χ1) is 11.0. The molecule has 0 unspecified atom stereocenters. The highest BCUT2D eigenvalue weighted by atomic mass is 35.5. The van der Waals surface area contributed by atoms with E-state index in [2.05, 4.69) is 10.1 Å². The number of hydrogen-bond acceptors (Lipinski definition) is 4. The van der Waals surface area contributed by atoms with E-state index < -0.39 is 5.91 Å². The summed E-state index contributed by atoms with van der Waals surface area (Å²) in [6, 6.07) is 5.50. The maximum absolute atomic E-state index is 11.0. The summed E-state index contributed by atoms with van der Waals surface area (Å²) >= 11 is 12.1. The molecule has 0 aliphatic rings. The van der Waals surface area contributed by atoms with Crippen LogP contribution in [-0.4, -0.2) is 26.4 Å². The molecule has 1 heterocycles. The quantitative estimate of drug-likeness (QED) is 0.454. The van der Waals surface area contributed by atoms with Gasteiger partial charge in [-0.2, -0.15) is 0 Å². The van der Waals surface area contributed by atoms with Crippen LogP contribution in [0.3, 0.4) is 0 Å². The van der Waals surface area contributed by atoms with Gasteiger partial charge in [-0.1, -0.05) is 40.5 Å². The molecule has 2 aromatic rings. The van der Waals surface area contributed by atoms with E-state index in [0.717, 1.165) is 18.4 Å². The number of aryl methyl sites for hydroxylation is 1. The molecule has 0 radical (unpaired) electrons. The summed E-state index contributed by atoms with van der Waals surface area (Å²) in [6.07, 6.45) is 5.02. The summed E-state index contributed by atoms with van der Waals surface area (Å²) in [5.41, 5.74) is 6.84. The third-order valence-corrected chi connectivity index (χ3v) is 4.19. The normalized spacial score (nSPS) is 11.7. The smallest absolute Gasteiger partial charge is 0.268 e. The van der Waals surface area contributed by atoms with Crippen LogP contribution in [0.2, 0.25) is 10.0 Å². The number of amides is 1. The van der Waals surface area contributed by atoms with Crippen LogP contribution in [0.25, 0.3) is 0 Å². The third-order valence-electron chi connectivity index (χ3n) is 3.34. The fourth-order valence-electron chi connectivity index (χ4n) is 2.17. The SMILES string of the molecule is NC(=O)c1cn(CC(CCCc2cccc(Cl)c2Cl)=NO)cn1. The lowest BCUT2D eigenvalue weighted by atomic mass is 10.1. The minimum Gasteiger partial charge on any atom is -0.411 e. The number of carbonyl (C=O) groups is 1. The van der Waals surface area contributed by atoms with Crippen molar-refractivity contribution in [3.05, 3.63) is 52.0 Å². The van der Waals surface area contributed by atoms with Gasteiger partial charge in [0.15, 0.2) is 0 Å². The molecule has 1 amide bonds. The lowest BCUT2D eigenvalue weighted by molar-refractivity contribution is 0.0996. The average Bonchev–Trinajstić information content (AvgIpc) is 2.99. The van der Waals surface area contributed by atoms with Crippen molar-refractivity contribution in [1.29, 1.82) is 0 Å². The Morgan fingerprint density at radius 2 is 2.17 bits per heavy atom. The van der Waals surface area contributed by atoms with Crippen LogP contribution in [0.4, 0.5) is 0 Å². The molecule has 8 heteroatoms. The first-order valence-corrected chi connectivity index (χ1v) is 7.71. The molecule has 1 aromatic carbocycles. The van der Waals surface area contributed by atoms with Gasteiger partial charge in [0.2, 0.25) is 0 Å². The van der Waals surface area contributed by atoms with Gasteiger partial charge in [-0.05, 0) is 30.9 Å². The standard InChI is InChI=1S/C15H16Cl2N4O2/c16-12-6-2-4-10(14(12)17)3-1-5-11(20-23)7-21-8-13(15(18)22)19-9-21/h2,4,6,8-9,23H,1,3,5,7H2,(H2,18,22). The van der Waals surface area contributed by atoms with Crippen molar-refractivity contribution in [2.24, 2.45) is 10.9 Å². The largest absolute Gasteiger partial charge is 0.411 e. The summed E-state index contributed by atoms with van der Waals surface area (Å²) in [6.45, 7) is 0.333. The lowest BCUT2D eigenvalue weighted by Crippen LogP contribution is -2.12. The van der Waals surface area contributed by atoms with Crippen molar-refractivity contribution in [1.82, 2.24) is 9.55 Å². The predicted octanol–water partition coefficient (Wildman–Crippen LogP) is 3.14. The summed E-state index contributed by atoms with van der Waals surface area (Å²) in [7, 11) is 0. The Hall–Kier alpha value is -2.05. The van der Waals surface area contributed by atoms with Crippen molar-refractivity contribution in [3.8, 4) is 0 Å². The fraction of sp³-hybridized carbons (Fsp3) is 0.267. The number of benzene rings is 1. The van der Waals surface area contributed by atoms with Gasteiger partial charge in [-0.3, -0.25) is 4.79 Å². The van der Waals surface area contributed by atoms with Gasteiger partial charge in [-0.15, -0.1) is 0 Å². The number of hydrogen-bond donors (Lipinski definition) is 2. The zero-order valence-electron chi connectivity index (χ0n) is 12.2. The van der Waals surface area contributed by atoms with Crippen molar-refractivity contribution in [2.45, 2.75) is 25.8 Å². The minimum absolute atomic E-state index is 0.174. The molecule has 23 heavy (non-hydrogen) atoms. The van der Waals surface area contributed by atoms with Crippen LogP contribution in [0, 0.1) is 0 Å². The van der Waals surface area contributed by atoms with E-state index in [1.54, 1.807) is 10.6 Å². The van der Waals surface area contributed by atoms with Gasteiger partial charge in [-0.25, -0.2) is 4.98 Å². The zero-order chi connectivity index (χ0) is 16.8. The minimum atomic E-state index is -0.596. The summed E-state index contributed by atoms with van der Waals surface area (Å²) < 4.78 is 1.64. The van der Waals surface area contributed by atoms with Crippen molar-refractivity contribution < 1.29 is 10.0 Å². The average molecular weight is 355 g/mol. The maximum Gasteiger partial charge on any atom is 0.268 e. The van der Waals surface area contributed by atoms with E-state index >= 15 is 0 Å². The Balaban J connectivity index is 1.90. The van der Waals surface area contributed by atoms with Gasteiger partial charge < -0.3 is 15.5 Å². The van der Waals surface area contributed by atoms with Gasteiger partial charge in [0, 0.05) is 6.20 Å². The zero-order valence-corrected chi connectivity index (χ0v) is 13.8. The molecule has 122 valence electrons. The molecule has 0 spiro atoms. The van der Waals surface area contributed by atoms with Crippen molar-refractivity contribution in [2.75, 3.05) is 0 Å². The number of carbonyl (C=O) groups excluding carboxylic acids is 1. The highest BCUT2D eigenvalue weighted by Gasteiger charge is 2.09. The molecule has 0 aliphatic heterocycles. The van der Waals surface area contributed by atoms with Gasteiger partial charge in [0.25, 0.3) is 5.91 Å². The van der Waals surface area contributed by atoms with Crippen LogP contribution < -0.4 is 5.73 Å². The second-order valence-electron chi connectivity index (χ2n) is 5.03. The van der Waals surface area contributed by atoms with Crippen LogP contribution in [0.15, 0.2) is 35.9 Å². The third kappa shape index (κ3) is 4.71. The van der Waals surface area contributed by atoms with E-state index in [1.165, 1.54) is 12.5 Å². The number of aromatic nitrogens is 2. The molecular weight excluding hydrogens is 339 g/mol. The molecule has 0 saturated carbocycles. The predicted molar refractivity (Wildman–Crippen MR) is 89.4 cm³/mol. The number of halogens is 2. The highest BCUT2D eigenvalue weighted by Crippen LogP contribution is 2.26. The van der Waals surface area contributed by atoms with Gasteiger partial charge in [0.1, 0.15) is 5.69 Å². The Labute approximate surface area is 143 Å². The first kappa shape index (κ1) is 17.3. The van der Waals surface area contributed by atoms with E-state index in [0.29, 0.717) is 28.7 Å².